The molecule has 154 valence electrons. The Labute approximate surface area is 189 Å². The first-order valence-corrected chi connectivity index (χ1v) is 10.3. The largest absolute Gasteiger partial charge is 0.352 e. The zero-order chi connectivity index (χ0) is 19.1. The number of nitrogens with zero attached hydrogens (tertiary/aromatic N) is 4. The molecule has 0 bridgehead atoms. The lowest BCUT2D eigenvalue weighted by molar-refractivity contribution is 0.148. The molecule has 0 spiro atoms. The molecular formula is C20H31IN6S. The van der Waals surface area contributed by atoms with Crippen molar-refractivity contribution in [2.24, 2.45) is 4.99 Å². The summed E-state index contributed by atoms with van der Waals surface area (Å²) in [6.07, 6.45) is 1.90. The van der Waals surface area contributed by atoms with Gasteiger partial charge >= 0.3 is 0 Å². The van der Waals surface area contributed by atoms with Crippen molar-refractivity contribution < 1.29 is 0 Å². The second-order valence-corrected chi connectivity index (χ2v) is 8.36. The van der Waals surface area contributed by atoms with Crippen molar-refractivity contribution in [2.75, 3.05) is 40.3 Å². The first kappa shape index (κ1) is 23.1. The van der Waals surface area contributed by atoms with Gasteiger partial charge in [0.2, 0.25) is 0 Å². The van der Waals surface area contributed by atoms with E-state index in [1.807, 2.05) is 6.20 Å². The molecule has 28 heavy (non-hydrogen) atoms. The van der Waals surface area contributed by atoms with Crippen molar-refractivity contribution in [1.29, 1.82) is 0 Å². The highest BCUT2D eigenvalue weighted by molar-refractivity contribution is 14.0. The third kappa shape index (κ3) is 7.31. The van der Waals surface area contributed by atoms with Gasteiger partial charge in [0.05, 0.1) is 6.54 Å². The number of hydrogen-bond acceptors (Lipinski definition) is 5. The summed E-state index contributed by atoms with van der Waals surface area (Å²) < 4.78 is 0. The quantitative estimate of drug-likeness (QED) is 0.353. The summed E-state index contributed by atoms with van der Waals surface area (Å²) in [6, 6.07) is 8.89. The average Bonchev–Trinajstić information content (AvgIpc) is 3.10. The van der Waals surface area contributed by atoms with Crippen molar-refractivity contribution in [3.63, 3.8) is 0 Å². The van der Waals surface area contributed by atoms with E-state index in [0.29, 0.717) is 6.54 Å². The molecule has 0 saturated carbocycles. The van der Waals surface area contributed by atoms with Crippen LogP contribution in [0.5, 0.6) is 0 Å². The maximum Gasteiger partial charge on any atom is 0.191 e. The molecule has 1 aliphatic heterocycles. The number of aromatic nitrogens is 1. The minimum absolute atomic E-state index is 0. The third-order valence-corrected chi connectivity index (χ3v) is 5.70. The lowest BCUT2D eigenvalue weighted by Gasteiger charge is -2.32. The van der Waals surface area contributed by atoms with Crippen molar-refractivity contribution in [3.05, 3.63) is 51.5 Å². The van der Waals surface area contributed by atoms with Gasteiger partial charge in [-0.15, -0.1) is 35.3 Å². The molecule has 0 aliphatic carbocycles. The molecule has 2 N–H and O–H groups in total. The van der Waals surface area contributed by atoms with Gasteiger partial charge in [0.25, 0.3) is 0 Å². The fourth-order valence-corrected chi connectivity index (χ4v) is 3.80. The van der Waals surface area contributed by atoms with Crippen LogP contribution in [0.3, 0.4) is 0 Å². The van der Waals surface area contributed by atoms with Gasteiger partial charge < -0.3 is 15.5 Å². The molecule has 1 aromatic heterocycles. The van der Waals surface area contributed by atoms with E-state index in [2.05, 4.69) is 68.6 Å². The van der Waals surface area contributed by atoms with E-state index < -0.39 is 0 Å². The van der Waals surface area contributed by atoms with Crippen LogP contribution in [0, 0.1) is 6.92 Å². The highest BCUT2D eigenvalue weighted by Crippen LogP contribution is 2.11. The van der Waals surface area contributed by atoms with E-state index in [9.17, 15) is 0 Å². The first-order valence-electron chi connectivity index (χ1n) is 9.47. The summed E-state index contributed by atoms with van der Waals surface area (Å²) in [4.78, 5) is 14.8. The van der Waals surface area contributed by atoms with E-state index in [4.69, 9.17) is 0 Å². The summed E-state index contributed by atoms with van der Waals surface area (Å²) >= 11 is 1.71. The Morgan fingerprint density at radius 1 is 1.07 bits per heavy atom. The van der Waals surface area contributed by atoms with Crippen molar-refractivity contribution in [1.82, 2.24) is 25.4 Å². The predicted octanol–water partition coefficient (Wildman–Crippen LogP) is 2.68. The Balaban J connectivity index is 0.00000280. The molecule has 0 amide bonds. The summed E-state index contributed by atoms with van der Waals surface area (Å²) in [7, 11) is 3.99. The minimum atomic E-state index is 0. The van der Waals surface area contributed by atoms with Crippen LogP contribution >= 0.6 is 35.3 Å². The number of rotatable bonds is 6. The molecular weight excluding hydrogens is 483 g/mol. The molecule has 2 heterocycles. The number of piperazine rings is 1. The molecule has 1 aromatic carbocycles. The van der Waals surface area contributed by atoms with Crippen LogP contribution in [0.2, 0.25) is 0 Å². The molecule has 2 aromatic rings. The van der Waals surface area contributed by atoms with Crippen LogP contribution in [-0.2, 0) is 19.6 Å². The van der Waals surface area contributed by atoms with Gasteiger partial charge in [-0.2, -0.15) is 0 Å². The number of thiazole rings is 1. The van der Waals surface area contributed by atoms with Gasteiger partial charge in [0.1, 0.15) is 5.01 Å². The predicted molar refractivity (Wildman–Crippen MR) is 129 cm³/mol. The average molecular weight is 514 g/mol. The number of hydrogen-bond donors (Lipinski definition) is 2. The fourth-order valence-electron chi connectivity index (χ4n) is 3.08. The molecule has 3 rings (SSSR count). The van der Waals surface area contributed by atoms with E-state index in [1.165, 1.54) is 16.0 Å². The summed E-state index contributed by atoms with van der Waals surface area (Å²) in [6.45, 7) is 9.19. The van der Waals surface area contributed by atoms with E-state index >= 15 is 0 Å². The standard InChI is InChI=1S/C20H30N6S.HI/c1-16-12-22-19(27-16)14-24-20(21-2)23-13-17-4-6-18(7-5-17)15-26-10-8-25(3)9-11-26;/h4-7,12H,8-11,13-15H2,1-3H3,(H2,21,23,24);1H. The van der Waals surface area contributed by atoms with Gasteiger partial charge in [0.15, 0.2) is 5.96 Å². The highest BCUT2D eigenvalue weighted by Gasteiger charge is 2.13. The number of aliphatic imine (C=N–C) groups is 1. The lowest BCUT2D eigenvalue weighted by atomic mass is 10.1. The van der Waals surface area contributed by atoms with Crippen LogP contribution in [0.4, 0.5) is 0 Å². The molecule has 1 fully saturated rings. The maximum atomic E-state index is 4.37. The SMILES string of the molecule is CN=C(NCc1ccc(CN2CCN(C)CC2)cc1)NCc1ncc(C)s1.I. The van der Waals surface area contributed by atoms with Gasteiger partial charge in [-0.25, -0.2) is 4.98 Å². The van der Waals surface area contributed by atoms with Crippen molar-refractivity contribution in [2.45, 2.75) is 26.6 Å². The van der Waals surface area contributed by atoms with Crippen LogP contribution in [0.1, 0.15) is 21.0 Å². The number of aryl methyl sites for hydroxylation is 1. The lowest BCUT2D eigenvalue weighted by Crippen LogP contribution is -2.43. The van der Waals surface area contributed by atoms with E-state index in [1.54, 1.807) is 18.4 Å². The smallest absolute Gasteiger partial charge is 0.191 e. The molecule has 0 unspecified atom stereocenters. The molecule has 0 atom stereocenters. The molecule has 1 aliphatic rings. The van der Waals surface area contributed by atoms with Gasteiger partial charge in [-0.1, -0.05) is 24.3 Å². The van der Waals surface area contributed by atoms with Crippen molar-refractivity contribution in [3.8, 4) is 0 Å². The maximum absolute atomic E-state index is 4.37. The number of benzene rings is 1. The van der Waals surface area contributed by atoms with Crippen molar-refractivity contribution >= 4 is 41.3 Å². The zero-order valence-corrected chi connectivity index (χ0v) is 20.1. The molecule has 6 nitrogen and oxygen atoms in total. The second-order valence-electron chi connectivity index (χ2n) is 7.04. The van der Waals surface area contributed by atoms with Crippen LogP contribution in [0.25, 0.3) is 0 Å². The Morgan fingerprint density at radius 3 is 2.32 bits per heavy atom. The number of halogens is 1. The Kier molecular flexibility index (Phi) is 9.63. The van der Waals surface area contributed by atoms with Crippen LogP contribution < -0.4 is 10.6 Å². The fraction of sp³-hybridized carbons (Fsp3) is 0.500. The summed E-state index contributed by atoms with van der Waals surface area (Å²) in [5, 5.41) is 7.76. The van der Waals surface area contributed by atoms with Gasteiger partial charge in [0, 0.05) is 57.4 Å². The van der Waals surface area contributed by atoms with Crippen LogP contribution in [0.15, 0.2) is 35.5 Å². The number of guanidine groups is 1. The normalized spacial score (nSPS) is 15.9. The Hall–Kier alpha value is -1.23. The topological polar surface area (TPSA) is 55.8 Å². The Bertz CT molecular complexity index is 737. The number of nitrogens with one attached hydrogen (secondary N) is 2. The zero-order valence-electron chi connectivity index (χ0n) is 16.9. The summed E-state index contributed by atoms with van der Waals surface area (Å²) in [5.74, 6) is 0.796. The highest BCUT2D eigenvalue weighted by atomic mass is 127. The van der Waals surface area contributed by atoms with Gasteiger partial charge in [-0.05, 0) is 25.1 Å². The molecule has 0 radical (unpaired) electrons. The van der Waals surface area contributed by atoms with Gasteiger partial charge in [-0.3, -0.25) is 9.89 Å². The van der Waals surface area contributed by atoms with E-state index in [-0.39, 0.29) is 24.0 Å². The minimum Gasteiger partial charge on any atom is -0.352 e. The second kappa shape index (κ2) is 11.7. The third-order valence-electron chi connectivity index (χ3n) is 4.78. The molecule has 8 heteroatoms. The van der Waals surface area contributed by atoms with E-state index in [0.717, 1.165) is 50.2 Å². The summed E-state index contributed by atoms with van der Waals surface area (Å²) in [5.41, 5.74) is 2.63. The van der Waals surface area contributed by atoms with Crippen LogP contribution in [-0.4, -0.2) is 61.0 Å². The first-order chi connectivity index (χ1) is 13.1. The Morgan fingerprint density at radius 2 is 1.71 bits per heavy atom. The monoisotopic (exact) mass is 514 g/mol. The number of likely N-dealkylation sites (N-methyl/N-ethyl adjacent to an activating group) is 1. The molecule has 1 saturated heterocycles.